The van der Waals surface area contributed by atoms with Crippen LogP contribution in [-0.2, 0) is 9.84 Å². The van der Waals surface area contributed by atoms with Gasteiger partial charge in [0.15, 0.2) is 9.84 Å². The monoisotopic (exact) mass is 486 g/mol. The molecular formula is C30H46O3S. The normalized spacial score (nSPS) is 37.4. The Morgan fingerprint density at radius 2 is 1.79 bits per heavy atom. The summed E-state index contributed by atoms with van der Waals surface area (Å²) >= 11 is 0. The number of aliphatic hydroxyl groups is 1. The molecule has 0 spiro atoms. The van der Waals surface area contributed by atoms with Crippen molar-refractivity contribution in [3.8, 4) is 0 Å². The van der Waals surface area contributed by atoms with Crippen LogP contribution in [0.1, 0.15) is 98.8 Å². The molecule has 2 unspecified atom stereocenters. The maximum atomic E-state index is 13.2. The summed E-state index contributed by atoms with van der Waals surface area (Å²) in [6, 6.07) is 0. The Morgan fingerprint density at radius 1 is 1.09 bits per heavy atom. The minimum Gasteiger partial charge on any atom is -0.393 e. The van der Waals surface area contributed by atoms with E-state index in [0.29, 0.717) is 17.8 Å². The molecule has 4 saturated carbocycles. The Hall–Kier alpha value is -1.13. The molecule has 0 saturated heterocycles. The second-order valence-corrected chi connectivity index (χ2v) is 16.0. The Bertz CT molecular complexity index is 1000. The third-order valence-corrected chi connectivity index (χ3v) is 12.9. The van der Waals surface area contributed by atoms with Gasteiger partial charge >= 0.3 is 0 Å². The maximum absolute atomic E-state index is 13.2. The minimum absolute atomic E-state index is 0.230. The van der Waals surface area contributed by atoms with E-state index in [4.69, 9.17) is 0 Å². The largest absolute Gasteiger partial charge is 0.393 e. The molecule has 0 aromatic rings. The highest BCUT2D eigenvalue weighted by molar-refractivity contribution is 7.94. The number of allylic oxidation sites excluding steroid dienone is 5. The number of hydrogen-bond donors (Lipinski definition) is 1. The zero-order valence-electron chi connectivity index (χ0n) is 22.1. The Balaban J connectivity index is 1.51. The molecule has 4 heteroatoms. The molecule has 0 aliphatic heterocycles. The molecule has 0 radical (unpaired) electrons. The first kappa shape index (κ1) is 25.9. The highest BCUT2D eigenvalue weighted by atomic mass is 32.2. The summed E-state index contributed by atoms with van der Waals surface area (Å²) in [5.41, 5.74) is 4.25. The Labute approximate surface area is 208 Å². The van der Waals surface area contributed by atoms with Crippen LogP contribution in [0, 0.1) is 23.2 Å². The van der Waals surface area contributed by atoms with E-state index in [1.165, 1.54) is 43.3 Å². The molecule has 4 aliphatic rings. The standard InChI is InChI=1S/C30H46O3S/c1-21-9-12-25(31)20-24(21)11-10-23-8-7-16-29(6)26(13-14-27(23)29)22(2)15-17-30(18-19-30)34(32,33)28(3,4)5/h10-11,15,17,22,25-27,31H,1,7-9,12-14,16,18-20H2,2-6H3/b17-15+,23-10+,24-11-/t22?,25-,26?,27-,29+/m0/s1. The smallest absolute Gasteiger partial charge is 0.164 e. The summed E-state index contributed by atoms with van der Waals surface area (Å²) in [5, 5.41) is 10.1. The van der Waals surface area contributed by atoms with Gasteiger partial charge in [-0.2, -0.15) is 0 Å². The molecule has 4 fully saturated rings. The van der Waals surface area contributed by atoms with Crippen LogP contribution in [0.25, 0.3) is 0 Å². The van der Waals surface area contributed by atoms with Gasteiger partial charge in [-0.05, 0) is 114 Å². The van der Waals surface area contributed by atoms with Gasteiger partial charge in [0, 0.05) is 0 Å². The first-order valence-electron chi connectivity index (χ1n) is 13.5. The molecule has 34 heavy (non-hydrogen) atoms. The fourth-order valence-electron chi connectivity index (χ4n) is 7.26. The van der Waals surface area contributed by atoms with Crippen molar-refractivity contribution in [1.29, 1.82) is 0 Å². The van der Waals surface area contributed by atoms with Gasteiger partial charge in [0.1, 0.15) is 0 Å². The van der Waals surface area contributed by atoms with Crippen molar-refractivity contribution in [2.24, 2.45) is 23.2 Å². The lowest BCUT2D eigenvalue weighted by Gasteiger charge is -2.44. The van der Waals surface area contributed by atoms with Crippen LogP contribution in [0.5, 0.6) is 0 Å². The topological polar surface area (TPSA) is 54.4 Å². The lowest BCUT2D eigenvalue weighted by atomic mass is 9.61. The number of aliphatic hydroxyl groups excluding tert-OH is 1. The molecule has 0 aromatic heterocycles. The van der Waals surface area contributed by atoms with Crippen LogP contribution in [0.2, 0.25) is 0 Å². The van der Waals surface area contributed by atoms with Gasteiger partial charge in [0.05, 0.1) is 15.6 Å². The number of sulfone groups is 1. The third kappa shape index (κ3) is 4.54. The van der Waals surface area contributed by atoms with Crippen molar-refractivity contribution in [2.45, 2.75) is 114 Å². The van der Waals surface area contributed by atoms with Crippen LogP contribution < -0.4 is 0 Å². The van der Waals surface area contributed by atoms with Crippen molar-refractivity contribution in [2.75, 3.05) is 0 Å². The quantitative estimate of drug-likeness (QED) is 0.422. The van der Waals surface area contributed by atoms with E-state index in [0.717, 1.165) is 32.1 Å². The molecule has 3 nitrogen and oxygen atoms in total. The van der Waals surface area contributed by atoms with Crippen molar-refractivity contribution < 1.29 is 13.5 Å². The maximum Gasteiger partial charge on any atom is 0.164 e. The minimum atomic E-state index is -3.19. The van der Waals surface area contributed by atoms with Crippen LogP contribution in [0.4, 0.5) is 0 Å². The summed E-state index contributed by atoms with van der Waals surface area (Å²) in [6.07, 6.45) is 18.8. The van der Waals surface area contributed by atoms with Crippen LogP contribution in [-0.4, -0.2) is 29.1 Å². The van der Waals surface area contributed by atoms with E-state index in [1.54, 1.807) is 5.57 Å². The lowest BCUT2D eigenvalue weighted by molar-refractivity contribution is 0.112. The van der Waals surface area contributed by atoms with Crippen molar-refractivity contribution in [1.82, 2.24) is 0 Å². The summed E-state index contributed by atoms with van der Waals surface area (Å²) in [6.45, 7) is 14.5. The molecule has 0 aromatic carbocycles. The van der Waals surface area contributed by atoms with Gasteiger partial charge in [0.2, 0.25) is 0 Å². The van der Waals surface area contributed by atoms with E-state index in [-0.39, 0.29) is 11.5 Å². The summed E-state index contributed by atoms with van der Waals surface area (Å²) < 4.78 is 25.0. The lowest BCUT2D eigenvalue weighted by Crippen LogP contribution is -2.38. The van der Waals surface area contributed by atoms with Gasteiger partial charge < -0.3 is 5.11 Å². The molecule has 4 aliphatic carbocycles. The van der Waals surface area contributed by atoms with Crippen LogP contribution >= 0.6 is 0 Å². The van der Waals surface area contributed by atoms with Gasteiger partial charge in [-0.15, -0.1) is 0 Å². The summed E-state index contributed by atoms with van der Waals surface area (Å²) in [4.78, 5) is 0. The first-order chi connectivity index (χ1) is 15.8. The zero-order chi connectivity index (χ0) is 24.9. The fraction of sp³-hybridized carbons (Fsp3) is 0.733. The van der Waals surface area contributed by atoms with Gasteiger partial charge in [-0.3, -0.25) is 0 Å². The number of rotatable bonds is 5. The third-order valence-electron chi connectivity index (χ3n) is 9.65. The number of hydrogen-bond acceptors (Lipinski definition) is 3. The average molecular weight is 487 g/mol. The van der Waals surface area contributed by atoms with E-state index < -0.39 is 19.3 Å². The van der Waals surface area contributed by atoms with Crippen molar-refractivity contribution in [3.63, 3.8) is 0 Å². The van der Waals surface area contributed by atoms with E-state index in [9.17, 15) is 13.5 Å². The molecule has 0 heterocycles. The van der Waals surface area contributed by atoms with E-state index in [2.05, 4.69) is 44.7 Å². The van der Waals surface area contributed by atoms with Crippen molar-refractivity contribution >= 4 is 9.84 Å². The molecular weight excluding hydrogens is 440 g/mol. The van der Waals surface area contributed by atoms with Crippen molar-refractivity contribution in [3.05, 3.63) is 47.6 Å². The second-order valence-electron chi connectivity index (χ2n) is 12.9. The highest BCUT2D eigenvalue weighted by Gasteiger charge is 2.57. The Kier molecular flexibility index (Phi) is 6.92. The second kappa shape index (κ2) is 9.07. The summed E-state index contributed by atoms with van der Waals surface area (Å²) in [5.74, 6) is 1.58. The van der Waals surface area contributed by atoms with Gasteiger partial charge in [0.25, 0.3) is 0 Å². The van der Waals surface area contributed by atoms with Crippen LogP contribution in [0.15, 0.2) is 47.6 Å². The van der Waals surface area contributed by atoms with E-state index >= 15 is 0 Å². The molecule has 190 valence electrons. The Morgan fingerprint density at radius 3 is 2.44 bits per heavy atom. The SMILES string of the molecule is C=C1CC[C@H](O)C/C1=C/C=C1\CCC[C@]2(C)C(C(C)/C=C/C3(S(=O)(=O)C(C)(C)C)CC3)CC[C@@H]12. The predicted molar refractivity (Wildman–Crippen MR) is 142 cm³/mol. The van der Waals surface area contributed by atoms with Crippen LogP contribution in [0.3, 0.4) is 0 Å². The molecule has 0 bridgehead atoms. The van der Waals surface area contributed by atoms with E-state index in [1.807, 2.05) is 20.8 Å². The molecule has 1 N–H and O–H groups in total. The fourth-order valence-corrected chi connectivity index (χ4v) is 9.37. The van der Waals surface area contributed by atoms with Gasteiger partial charge in [-0.25, -0.2) is 8.42 Å². The van der Waals surface area contributed by atoms with Gasteiger partial charge in [-0.1, -0.05) is 55.9 Å². The zero-order valence-corrected chi connectivity index (χ0v) is 22.9. The molecule has 5 atom stereocenters. The average Bonchev–Trinajstić information content (AvgIpc) is 3.47. The first-order valence-corrected chi connectivity index (χ1v) is 15.0. The highest BCUT2D eigenvalue weighted by Crippen LogP contribution is 2.60. The number of fused-ring (bicyclic) bond motifs is 1. The summed E-state index contributed by atoms with van der Waals surface area (Å²) in [7, 11) is -3.19. The molecule has 4 rings (SSSR count). The predicted octanol–water partition coefficient (Wildman–Crippen LogP) is 7.09. The molecule has 0 amide bonds.